The van der Waals surface area contributed by atoms with Crippen molar-refractivity contribution in [3.63, 3.8) is 0 Å². The largest absolute Gasteiger partial charge is 0.397 e. The van der Waals surface area contributed by atoms with Gasteiger partial charge in [-0.25, -0.2) is 13.4 Å². The Morgan fingerprint density at radius 2 is 1.85 bits per heavy atom. The lowest BCUT2D eigenvalue weighted by Gasteiger charge is -2.10. The number of aromatic nitrogens is 1. The van der Waals surface area contributed by atoms with Crippen LogP contribution in [0.15, 0.2) is 53.6 Å². The van der Waals surface area contributed by atoms with Gasteiger partial charge in [0.1, 0.15) is 0 Å². The van der Waals surface area contributed by atoms with Crippen LogP contribution in [0.5, 0.6) is 0 Å². The lowest BCUT2D eigenvalue weighted by molar-refractivity contribution is 0.102. The predicted octanol–water partition coefficient (Wildman–Crippen LogP) is 3.36. The molecule has 0 fully saturated rings. The number of anilines is 2. The normalized spacial score (nSPS) is 11.3. The average Bonchev–Trinajstić information content (AvgIpc) is 3.02. The zero-order valence-corrected chi connectivity index (χ0v) is 15.8. The first kappa shape index (κ1) is 18.1. The number of aryl methyl sites for hydroxylation is 1. The van der Waals surface area contributed by atoms with Gasteiger partial charge in [0.15, 0.2) is 9.84 Å². The number of sulfone groups is 1. The van der Waals surface area contributed by atoms with E-state index in [4.69, 9.17) is 5.73 Å². The Kier molecular flexibility index (Phi) is 4.80. The number of nitrogen functional groups attached to an aromatic ring is 1. The fourth-order valence-electron chi connectivity index (χ4n) is 2.36. The number of nitrogens with two attached hydrogens (primary N) is 1. The quantitative estimate of drug-likeness (QED) is 0.668. The van der Waals surface area contributed by atoms with Crippen molar-refractivity contribution in [2.75, 3.05) is 17.3 Å². The molecule has 3 N–H and O–H groups in total. The van der Waals surface area contributed by atoms with Crippen molar-refractivity contribution in [1.29, 1.82) is 0 Å². The second kappa shape index (κ2) is 6.89. The summed E-state index contributed by atoms with van der Waals surface area (Å²) in [5.74, 6) is -0.366. The number of hydrogen-bond donors (Lipinski definition) is 2. The second-order valence-corrected chi connectivity index (χ2v) is 9.05. The number of carbonyl (C=O) groups is 1. The molecule has 0 bridgehead atoms. The molecular weight excluding hydrogens is 370 g/mol. The third-order valence-corrected chi connectivity index (χ3v) is 5.84. The van der Waals surface area contributed by atoms with Crippen LogP contribution in [-0.4, -0.2) is 25.6 Å². The number of rotatable bonds is 4. The number of amides is 1. The number of hydrogen-bond acceptors (Lipinski definition) is 6. The van der Waals surface area contributed by atoms with Crippen molar-refractivity contribution in [3.8, 4) is 10.4 Å². The molecule has 26 heavy (non-hydrogen) atoms. The van der Waals surface area contributed by atoms with Crippen LogP contribution < -0.4 is 11.1 Å². The van der Waals surface area contributed by atoms with E-state index in [1.165, 1.54) is 24.3 Å². The Labute approximate surface area is 155 Å². The summed E-state index contributed by atoms with van der Waals surface area (Å²) in [4.78, 5) is 17.8. The van der Waals surface area contributed by atoms with Crippen molar-refractivity contribution in [1.82, 2.24) is 4.98 Å². The minimum atomic E-state index is -3.30. The molecule has 0 aliphatic rings. The smallest absolute Gasteiger partial charge is 0.255 e. The first-order valence-electron chi connectivity index (χ1n) is 7.68. The molecule has 0 aliphatic carbocycles. The van der Waals surface area contributed by atoms with Gasteiger partial charge in [-0.2, -0.15) is 0 Å². The standard InChI is InChI=1S/C18H17N3O3S2/c1-11-20-10-17(25-11)13-5-8-15(19)16(9-13)21-18(22)12-3-6-14(7-4-12)26(2,23)24/h3-10H,19H2,1-2H3,(H,21,22). The zero-order chi connectivity index (χ0) is 18.9. The summed E-state index contributed by atoms with van der Waals surface area (Å²) in [7, 11) is -3.30. The molecule has 1 amide bonds. The van der Waals surface area contributed by atoms with Crippen molar-refractivity contribution in [2.45, 2.75) is 11.8 Å². The summed E-state index contributed by atoms with van der Waals surface area (Å²) < 4.78 is 23.0. The minimum absolute atomic E-state index is 0.163. The van der Waals surface area contributed by atoms with Crippen molar-refractivity contribution >= 4 is 38.5 Å². The number of nitrogens with one attached hydrogen (secondary N) is 1. The average molecular weight is 387 g/mol. The maximum absolute atomic E-state index is 12.5. The molecule has 3 rings (SSSR count). The van der Waals surface area contributed by atoms with E-state index in [9.17, 15) is 13.2 Å². The molecule has 0 saturated carbocycles. The van der Waals surface area contributed by atoms with Crippen LogP contribution in [0.3, 0.4) is 0 Å². The Balaban J connectivity index is 1.85. The Bertz CT molecular complexity index is 1070. The number of thiazole rings is 1. The topological polar surface area (TPSA) is 102 Å². The highest BCUT2D eigenvalue weighted by molar-refractivity contribution is 7.90. The van der Waals surface area contributed by atoms with E-state index in [0.29, 0.717) is 16.9 Å². The van der Waals surface area contributed by atoms with E-state index in [0.717, 1.165) is 21.7 Å². The van der Waals surface area contributed by atoms with E-state index in [2.05, 4.69) is 10.3 Å². The van der Waals surface area contributed by atoms with Crippen LogP contribution in [0.2, 0.25) is 0 Å². The molecule has 0 saturated heterocycles. The van der Waals surface area contributed by atoms with Crippen molar-refractivity contribution in [2.24, 2.45) is 0 Å². The summed E-state index contributed by atoms with van der Waals surface area (Å²) in [6.45, 7) is 1.92. The van der Waals surface area contributed by atoms with Crippen LogP contribution in [0.25, 0.3) is 10.4 Å². The molecule has 8 heteroatoms. The molecular formula is C18H17N3O3S2. The monoisotopic (exact) mass is 387 g/mol. The number of benzene rings is 2. The van der Waals surface area contributed by atoms with Gasteiger partial charge in [-0.05, 0) is 48.9 Å². The van der Waals surface area contributed by atoms with Gasteiger partial charge in [-0.15, -0.1) is 11.3 Å². The molecule has 0 radical (unpaired) electrons. The van der Waals surface area contributed by atoms with E-state index in [1.807, 2.05) is 13.0 Å². The molecule has 1 heterocycles. The zero-order valence-electron chi connectivity index (χ0n) is 14.2. The Morgan fingerprint density at radius 3 is 2.42 bits per heavy atom. The third kappa shape index (κ3) is 3.92. The Hall–Kier alpha value is -2.71. The molecule has 0 unspecified atom stereocenters. The summed E-state index contributed by atoms with van der Waals surface area (Å²) in [6, 6.07) is 11.2. The van der Waals surface area contributed by atoms with Crippen LogP contribution in [0.4, 0.5) is 11.4 Å². The maximum atomic E-state index is 12.5. The molecule has 6 nitrogen and oxygen atoms in total. The highest BCUT2D eigenvalue weighted by atomic mass is 32.2. The van der Waals surface area contributed by atoms with Crippen molar-refractivity contribution < 1.29 is 13.2 Å². The van der Waals surface area contributed by atoms with Gasteiger partial charge in [-0.1, -0.05) is 6.07 Å². The van der Waals surface area contributed by atoms with E-state index in [-0.39, 0.29) is 10.8 Å². The number of carbonyl (C=O) groups excluding carboxylic acids is 1. The van der Waals surface area contributed by atoms with Crippen molar-refractivity contribution in [3.05, 3.63) is 59.2 Å². The minimum Gasteiger partial charge on any atom is -0.397 e. The summed E-state index contributed by atoms with van der Waals surface area (Å²) in [5, 5.41) is 3.72. The van der Waals surface area contributed by atoms with Crippen LogP contribution in [0, 0.1) is 6.92 Å². The van der Waals surface area contributed by atoms with Gasteiger partial charge < -0.3 is 11.1 Å². The fraction of sp³-hybridized carbons (Fsp3) is 0.111. The van der Waals surface area contributed by atoms with E-state index >= 15 is 0 Å². The number of nitrogens with zero attached hydrogens (tertiary/aromatic N) is 1. The highest BCUT2D eigenvalue weighted by Gasteiger charge is 2.12. The van der Waals surface area contributed by atoms with E-state index < -0.39 is 9.84 Å². The van der Waals surface area contributed by atoms with Gasteiger partial charge in [0.25, 0.3) is 5.91 Å². The third-order valence-electron chi connectivity index (χ3n) is 3.75. The van der Waals surface area contributed by atoms with Gasteiger partial charge in [-0.3, -0.25) is 4.79 Å². The summed E-state index contributed by atoms with van der Waals surface area (Å²) in [6.07, 6.45) is 2.90. The lowest BCUT2D eigenvalue weighted by atomic mass is 10.1. The first-order chi connectivity index (χ1) is 12.2. The van der Waals surface area contributed by atoms with E-state index in [1.54, 1.807) is 29.7 Å². The molecule has 1 aromatic heterocycles. The van der Waals surface area contributed by atoms with Crippen LogP contribution >= 0.6 is 11.3 Å². The molecule has 0 spiro atoms. The first-order valence-corrected chi connectivity index (χ1v) is 10.4. The SMILES string of the molecule is Cc1ncc(-c2ccc(N)c(NC(=O)c3ccc(S(C)(=O)=O)cc3)c2)s1. The maximum Gasteiger partial charge on any atom is 0.255 e. The lowest BCUT2D eigenvalue weighted by Crippen LogP contribution is -2.13. The van der Waals surface area contributed by atoms with Gasteiger partial charge in [0, 0.05) is 18.0 Å². The molecule has 0 atom stereocenters. The molecule has 134 valence electrons. The highest BCUT2D eigenvalue weighted by Crippen LogP contribution is 2.31. The molecule has 2 aromatic carbocycles. The van der Waals surface area contributed by atoms with Gasteiger partial charge in [0.05, 0.1) is 26.2 Å². The van der Waals surface area contributed by atoms with Crippen LogP contribution in [-0.2, 0) is 9.84 Å². The molecule has 3 aromatic rings. The fourth-order valence-corrected chi connectivity index (χ4v) is 3.76. The molecule has 0 aliphatic heterocycles. The summed E-state index contributed by atoms with van der Waals surface area (Å²) >= 11 is 1.55. The van der Waals surface area contributed by atoms with Gasteiger partial charge >= 0.3 is 0 Å². The summed E-state index contributed by atoms with van der Waals surface area (Å²) in [5.41, 5.74) is 8.16. The second-order valence-electron chi connectivity index (χ2n) is 5.80. The Morgan fingerprint density at radius 1 is 1.15 bits per heavy atom. The van der Waals surface area contributed by atoms with Crippen LogP contribution in [0.1, 0.15) is 15.4 Å². The predicted molar refractivity (Wildman–Crippen MR) is 104 cm³/mol. The van der Waals surface area contributed by atoms with Gasteiger partial charge in [0.2, 0.25) is 0 Å².